The molecule has 0 spiro atoms. The number of aromatic amines is 1. The number of rotatable bonds is 3. The molecule has 2 N–H and O–H groups in total. The highest BCUT2D eigenvalue weighted by Crippen LogP contribution is 2.23. The number of carbonyl (C=O) groups is 1. The maximum atomic E-state index is 13.3. The molecule has 1 aliphatic rings. The lowest BCUT2D eigenvalue weighted by Crippen LogP contribution is -2.36. The van der Waals surface area contributed by atoms with E-state index in [9.17, 15) is 14.0 Å². The quantitative estimate of drug-likeness (QED) is 0.546. The molecule has 0 unspecified atom stereocenters. The first-order chi connectivity index (χ1) is 14.6. The molecule has 0 aliphatic heterocycles. The molecule has 8 heteroatoms. The van der Waals surface area contributed by atoms with Crippen molar-refractivity contribution in [1.82, 2.24) is 25.1 Å². The third-order valence-electron chi connectivity index (χ3n) is 5.68. The van der Waals surface area contributed by atoms with E-state index in [0.29, 0.717) is 33.4 Å². The summed E-state index contributed by atoms with van der Waals surface area (Å²) >= 11 is 0. The molecule has 0 atom stereocenters. The fraction of sp³-hybridized carbons (Fsp3) is 0.273. The van der Waals surface area contributed by atoms with Crippen molar-refractivity contribution in [3.63, 3.8) is 0 Å². The number of H-pyrrole nitrogens is 1. The first kappa shape index (κ1) is 18.5. The maximum absolute atomic E-state index is 13.3. The van der Waals surface area contributed by atoms with Crippen molar-refractivity contribution in [3.8, 4) is 11.3 Å². The minimum atomic E-state index is -0.408. The van der Waals surface area contributed by atoms with Gasteiger partial charge in [0, 0.05) is 17.2 Å². The Morgan fingerprint density at radius 2 is 1.87 bits per heavy atom. The van der Waals surface area contributed by atoms with Crippen LogP contribution in [-0.4, -0.2) is 31.8 Å². The Kier molecular flexibility index (Phi) is 4.54. The lowest BCUT2D eigenvalue weighted by atomic mass is 9.95. The van der Waals surface area contributed by atoms with Crippen molar-refractivity contribution in [2.75, 3.05) is 0 Å². The Morgan fingerprint density at radius 1 is 1.10 bits per heavy atom. The molecule has 4 aromatic rings. The number of hydrogen-bond acceptors (Lipinski definition) is 4. The van der Waals surface area contributed by atoms with Gasteiger partial charge in [0.1, 0.15) is 11.5 Å². The molecule has 0 bridgehead atoms. The Labute approximate surface area is 170 Å². The summed E-state index contributed by atoms with van der Waals surface area (Å²) in [5, 5.41) is 10.6. The Hall–Kier alpha value is -3.55. The summed E-state index contributed by atoms with van der Waals surface area (Å²) in [4.78, 5) is 29.5. The van der Waals surface area contributed by atoms with Crippen molar-refractivity contribution in [3.05, 3.63) is 64.2 Å². The van der Waals surface area contributed by atoms with Gasteiger partial charge in [-0.15, -0.1) is 0 Å². The highest BCUT2D eigenvalue weighted by atomic mass is 19.1. The van der Waals surface area contributed by atoms with E-state index < -0.39 is 5.56 Å². The average Bonchev–Trinajstić information content (AvgIpc) is 3.19. The Morgan fingerprint density at radius 3 is 2.63 bits per heavy atom. The first-order valence-electron chi connectivity index (χ1n) is 10.1. The molecule has 30 heavy (non-hydrogen) atoms. The van der Waals surface area contributed by atoms with Crippen LogP contribution in [0.3, 0.4) is 0 Å². The van der Waals surface area contributed by atoms with Crippen molar-refractivity contribution in [1.29, 1.82) is 0 Å². The van der Waals surface area contributed by atoms with E-state index in [1.54, 1.807) is 34.8 Å². The third-order valence-corrected chi connectivity index (χ3v) is 5.68. The van der Waals surface area contributed by atoms with Crippen molar-refractivity contribution >= 4 is 22.5 Å². The molecule has 152 valence electrons. The zero-order valence-electron chi connectivity index (χ0n) is 16.2. The smallest absolute Gasteiger partial charge is 0.281 e. The van der Waals surface area contributed by atoms with Crippen LogP contribution in [-0.2, 0) is 0 Å². The average molecular weight is 405 g/mol. The predicted octanol–water partition coefficient (Wildman–Crippen LogP) is 3.44. The van der Waals surface area contributed by atoms with E-state index in [2.05, 4.69) is 20.6 Å². The number of halogens is 1. The van der Waals surface area contributed by atoms with Crippen molar-refractivity contribution in [2.45, 2.75) is 38.1 Å². The molecule has 5 rings (SSSR count). The van der Waals surface area contributed by atoms with Gasteiger partial charge in [0.25, 0.3) is 11.5 Å². The van der Waals surface area contributed by atoms with Gasteiger partial charge in [-0.2, -0.15) is 10.1 Å². The van der Waals surface area contributed by atoms with Gasteiger partial charge < -0.3 is 5.32 Å². The number of carbonyl (C=O) groups excluding carboxylic acids is 1. The fourth-order valence-electron chi connectivity index (χ4n) is 4.09. The largest absolute Gasteiger partial charge is 0.349 e. The molecule has 2 aromatic heterocycles. The number of fused-ring (bicyclic) bond motifs is 3. The Bertz CT molecular complexity index is 1300. The van der Waals surface area contributed by atoms with Gasteiger partial charge in [0.2, 0.25) is 0 Å². The summed E-state index contributed by atoms with van der Waals surface area (Å²) in [6.45, 7) is 0. The molecule has 1 aliphatic carbocycles. The summed E-state index contributed by atoms with van der Waals surface area (Å²) in [7, 11) is 0. The van der Waals surface area contributed by atoms with Crippen LogP contribution in [0, 0.1) is 5.82 Å². The summed E-state index contributed by atoms with van der Waals surface area (Å²) in [6.07, 6.45) is 5.46. The molecular formula is C22H20FN5O2. The molecule has 1 fully saturated rings. The number of hydrogen-bond donors (Lipinski definition) is 2. The van der Waals surface area contributed by atoms with Crippen LogP contribution in [0.5, 0.6) is 0 Å². The zero-order chi connectivity index (χ0) is 20.7. The molecular weight excluding hydrogens is 385 g/mol. The van der Waals surface area contributed by atoms with Gasteiger partial charge in [-0.1, -0.05) is 19.3 Å². The minimum absolute atomic E-state index is 0.153. The molecule has 7 nitrogen and oxygen atoms in total. The van der Waals surface area contributed by atoms with E-state index in [1.807, 2.05) is 0 Å². The number of aromatic nitrogens is 4. The monoisotopic (exact) mass is 405 g/mol. The number of benzene rings is 2. The van der Waals surface area contributed by atoms with Crippen molar-refractivity contribution in [2.24, 2.45) is 0 Å². The van der Waals surface area contributed by atoms with Crippen LogP contribution >= 0.6 is 0 Å². The van der Waals surface area contributed by atoms with Gasteiger partial charge in [-0.05, 0) is 55.3 Å². The summed E-state index contributed by atoms with van der Waals surface area (Å²) in [5.74, 6) is -0.511. The summed E-state index contributed by atoms with van der Waals surface area (Å²) in [5.41, 5.74) is 1.98. The lowest BCUT2D eigenvalue weighted by Gasteiger charge is -2.22. The zero-order valence-corrected chi connectivity index (χ0v) is 16.2. The molecule has 1 saturated carbocycles. The van der Waals surface area contributed by atoms with E-state index in [1.165, 1.54) is 18.6 Å². The topological polar surface area (TPSA) is 92.2 Å². The molecule has 2 aromatic carbocycles. The lowest BCUT2D eigenvalue weighted by molar-refractivity contribution is 0.0928. The highest BCUT2D eigenvalue weighted by molar-refractivity contribution is 5.98. The van der Waals surface area contributed by atoms with Gasteiger partial charge in [-0.3, -0.25) is 9.59 Å². The molecule has 0 radical (unpaired) electrons. The summed E-state index contributed by atoms with van der Waals surface area (Å²) < 4.78 is 14.8. The van der Waals surface area contributed by atoms with Gasteiger partial charge in [-0.25, -0.2) is 14.1 Å². The normalized spacial score (nSPS) is 15.0. The van der Waals surface area contributed by atoms with Crippen molar-refractivity contribution < 1.29 is 9.18 Å². The number of nitrogens with zero attached hydrogens (tertiary/aromatic N) is 3. The molecule has 2 heterocycles. The second kappa shape index (κ2) is 7.37. The second-order valence-electron chi connectivity index (χ2n) is 7.68. The minimum Gasteiger partial charge on any atom is -0.349 e. The van der Waals surface area contributed by atoms with Crippen LogP contribution in [0.2, 0.25) is 0 Å². The van der Waals surface area contributed by atoms with E-state index in [4.69, 9.17) is 0 Å². The van der Waals surface area contributed by atoms with Gasteiger partial charge in [0.15, 0.2) is 5.65 Å². The van der Waals surface area contributed by atoms with E-state index in [-0.39, 0.29) is 17.8 Å². The van der Waals surface area contributed by atoms with Crippen LogP contribution in [0.1, 0.15) is 42.5 Å². The number of nitrogens with one attached hydrogen (secondary N) is 2. The van der Waals surface area contributed by atoms with Gasteiger partial charge >= 0.3 is 0 Å². The predicted molar refractivity (Wildman–Crippen MR) is 111 cm³/mol. The second-order valence-corrected chi connectivity index (χ2v) is 7.68. The van der Waals surface area contributed by atoms with Crippen LogP contribution < -0.4 is 10.9 Å². The Balaban J connectivity index is 1.58. The third kappa shape index (κ3) is 3.24. The van der Waals surface area contributed by atoms with Crippen LogP contribution in [0.4, 0.5) is 4.39 Å². The number of amides is 1. The standard InChI is InChI=1S/C22H20FN5O2/c23-15-9-6-13(7-10-15)19-20-25-22(30)17-11-8-14(12-18(17)28(20)27-26-19)21(29)24-16-4-2-1-3-5-16/h6-12,16,27H,1-5H2,(H,24,29). The van der Waals surface area contributed by atoms with Crippen LogP contribution in [0.25, 0.3) is 27.8 Å². The summed E-state index contributed by atoms with van der Waals surface area (Å²) in [6, 6.07) is 10.9. The fourth-order valence-corrected chi connectivity index (χ4v) is 4.09. The molecule has 1 amide bonds. The highest BCUT2D eigenvalue weighted by Gasteiger charge is 2.19. The van der Waals surface area contributed by atoms with Gasteiger partial charge in [0.05, 0.1) is 10.9 Å². The van der Waals surface area contributed by atoms with E-state index >= 15 is 0 Å². The van der Waals surface area contributed by atoms with Crippen LogP contribution in [0.15, 0.2) is 47.3 Å². The SMILES string of the molecule is O=C(NC1CCCCC1)c1ccc2c(=O)nc3c(-c4ccc(F)cc4)n[nH]n3c2c1. The molecule has 0 saturated heterocycles. The first-order valence-corrected chi connectivity index (χ1v) is 10.1. The maximum Gasteiger partial charge on any atom is 0.281 e. The van der Waals surface area contributed by atoms with E-state index in [0.717, 1.165) is 25.7 Å².